The van der Waals surface area contributed by atoms with Crippen LogP contribution in [0.25, 0.3) is 43.9 Å². The van der Waals surface area contributed by atoms with Crippen LogP contribution in [0.1, 0.15) is 0 Å². The second-order valence-corrected chi connectivity index (χ2v) is 6.63. The molecule has 0 spiro atoms. The highest BCUT2D eigenvalue weighted by molar-refractivity contribution is 6.05. The van der Waals surface area contributed by atoms with Crippen LogP contribution in [-0.4, -0.2) is 4.92 Å². The molecule has 0 aliphatic heterocycles. The van der Waals surface area contributed by atoms with E-state index in [1.165, 1.54) is 22.9 Å². The molecule has 29 heavy (non-hydrogen) atoms. The molecule has 2 heterocycles. The van der Waals surface area contributed by atoms with Crippen molar-refractivity contribution in [2.24, 2.45) is 0 Å². The topological polar surface area (TPSA) is 69.4 Å². The molecule has 0 aliphatic rings. The van der Waals surface area contributed by atoms with Gasteiger partial charge < -0.3 is 8.83 Å². The number of para-hydroxylation sites is 3. The smallest absolute Gasteiger partial charge is 0.273 e. The Bertz CT molecular complexity index is 1440. The fourth-order valence-corrected chi connectivity index (χ4v) is 3.50. The van der Waals surface area contributed by atoms with Gasteiger partial charge in [-0.3, -0.25) is 10.1 Å². The lowest BCUT2D eigenvalue weighted by Crippen LogP contribution is -1.85. The largest absolute Gasteiger partial charge is 0.456 e. The zero-order valence-electron chi connectivity index (χ0n) is 15.2. The molecule has 6 rings (SSSR count). The Kier molecular flexibility index (Phi) is 3.99. The molecule has 0 saturated heterocycles. The first kappa shape index (κ1) is 17.0. The van der Waals surface area contributed by atoms with Crippen LogP contribution in [0.5, 0.6) is 0 Å². The van der Waals surface area contributed by atoms with Crippen molar-refractivity contribution in [1.82, 2.24) is 0 Å². The highest BCUT2D eigenvalue weighted by Gasteiger charge is 2.11. The van der Waals surface area contributed by atoms with E-state index in [4.69, 9.17) is 8.83 Å². The van der Waals surface area contributed by atoms with Crippen molar-refractivity contribution in [3.63, 3.8) is 0 Å². The highest BCUT2D eigenvalue weighted by atomic mass is 16.6. The fourth-order valence-electron chi connectivity index (χ4n) is 3.50. The van der Waals surface area contributed by atoms with E-state index < -0.39 is 4.92 Å². The Morgan fingerprint density at radius 2 is 0.966 bits per heavy atom. The third kappa shape index (κ3) is 2.99. The van der Waals surface area contributed by atoms with E-state index in [0.717, 1.165) is 27.5 Å². The van der Waals surface area contributed by atoms with Crippen LogP contribution in [0, 0.1) is 10.1 Å². The summed E-state index contributed by atoms with van der Waals surface area (Å²) in [4.78, 5) is 10.2. The summed E-state index contributed by atoms with van der Waals surface area (Å²) >= 11 is 0. The van der Waals surface area contributed by atoms with Crippen LogP contribution < -0.4 is 0 Å². The van der Waals surface area contributed by atoms with Crippen LogP contribution in [0.4, 0.5) is 5.69 Å². The van der Waals surface area contributed by atoms with Gasteiger partial charge >= 0.3 is 0 Å². The maximum atomic E-state index is 10.6. The molecule has 4 aromatic carbocycles. The van der Waals surface area contributed by atoms with Gasteiger partial charge in [0, 0.05) is 27.6 Å². The Morgan fingerprint density at radius 1 is 0.552 bits per heavy atom. The number of rotatable bonds is 1. The van der Waals surface area contributed by atoms with E-state index >= 15 is 0 Å². The van der Waals surface area contributed by atoms with Crippen LogP contribution in [-0.2, 0) is 0 Å². The van der Waals surface area contributed by atoms with Gasteiger partial charge in [0.15, 0.2) is 0 Å². The Hall–Kier alpha value is -4.12. The molecule has 5 heteroatoms. The zero-order valence-corrected chi connectivity index (χ0v) is 15.2. The van der Waals surface area contributed by atoms with Crippen molar-refractivity contribution >= 4 is 49.6 Å². The standard InChI is InChI=1S/C12H7NO3.C12H8O/c14-13(15)8-5-6-10-9-3-1-2-4-11(9)16-12(10)7-8;1-3-7-11-9(5-1)10-6-2-4-8-12(10)13-11/h1-7H;1-8H. The lowest BCUT2D eigenvalue weighted by Gasteiger charge is -1.90. The Labute approximate surface area is 164 Å². The maximum Gasteiger partial charge on any atom is 0.273 e. The first-order valence-electron chi connectivity index (χ1n) is 9.13. The number of furan rings is 2. The van der Waals surface area contributed by atoms with Crippen LogP contribution in [0.2, 0.25) is 0 Å². The van der Waals surface area contributed by atoms with E-state index in [2.05, 4.69) is 12.1 Å². The first-order valence-corrected chi connectivity index (χ1v) is 9.13. The zero-order chi connectivity index (χ0) is 19.8. The summed E-state index contributed by atoms with van der Waals surface area (Å²) in [5.41, 5.74) is 3.27. The lowest BCUT2D eigenvalue weighted by atomic mass is 10.1. The van der Waals surface area contributed by atoms with E-state index in [9.17, 15) is 10.1 Å². The molecular formula is C24H15NO4. The summed E-state index contributed by atoms with van der Waals surface area (Å²) in [5, 5.41) is 14.9. The van der Waals surface area contributed by atoms with Crippen molar-refractivity contribution in [1.29, 1.82) is 0 Å². The van der Waals surface area contributed by atoms with Gasteiger partial charge in [0.05, 0.1) is 11.0 Å². The second-order valence-electron chi connectivity index (χ2n) is 6.63. The predicted octanol–water partition coefficient (Wildman–Crippen LogP) is 7.08. The number of hydrogen-bond donors (Lipinski definition) is 0. The predicted molar refractivity (Wildman–Crippen MR) is 114 cm³/mol. The molecule has 0 aliphatic carbocycles. The van der Waals surface area contributed by atoms with Crippen LogP contribution >= 0.6 is 0 Å². The van der Waals surface area contributed by atoms with Gasteiger partial charge in [-0.05, 0) is 24.3 Å². The van der Waals surface area contributed by atoms with Gasteiger partial charge in [-0.15, -0.1) is 0 Å². The summed E-state index contributed by atoms with van der Waals surface area (Å²) in [6.07, 6.45) is 0. The number of nitrogens with zero attached hydrogens (tertiary/aromatic N) is 1. The normalized spacial score (nSPS) is 11.0. The fraction of sp³-hybridized carbons (Fsp3) is 0. The number of nitro groups is 1. The number of non-ortho nitro benzene ring substituents is 1. The van der Waals surface area contributed by atoms with Gasteiger partial charge in [0.25, 0.3) is 5.69 Å². The third-order valence-corrected chi connectivity index (χ3v) is 4.86. The molecule has 2 aromatic heterocycles. The number of benzene rings is 4. The lowest BCUT2D eigenvalue weighted by molar-refractivity contribution is -0.384. The average Bonchev–Trinajstić information content (AvgIpc) is 3.32. The van der Waals surface area contributed by atoms with Gasteiger partial charge in [0.1, 0.15) is 22.3 Å². The summed E-state index contributed by atoms with van der Waals surface area (Å²) in [5.74, 6) is 0. The van der Waals surface area contributed by atoms with Crippen molar-refractivity contribution in [2.45, 2.75) is 0 Å². The average molecular weight is 381 g/mol. The third-order valence-electron chi connectivity index (χ3n) is 4.86. The molecule has 6 aromatic rings. The van der Waals surface area contributed by atoms with E-state index in [1.54, 1.807) is 6.07 Å². The maximum absolute atomic E-state index is 10.6. The Morgan fingerprint density at radius 3 is 1.45 bits per heavy atom. The molecule has 0 unspecified atom stereocenters. The minimum absolute atomic E-state index is 0.0477. The molecule has 140 valence electrons. The SMILES string of the molecule is O=[N+]([O-])c1ccc2c(c1)oc1ccccc12.c1ccc2c(c1)oc1ccccc12. The van der Waals surface area contributed by atoms with Crippen molar-refractivity contribution in [3.8, 4) is 0 Å². The van der Waals surface area contributed by atoms with Crippen LogP contribution in [0.15, 0.2) is 99.8 Å². The highest BCUT2D eigenvalue weighted by Crippen LogP contribution is 2.31. The van der Waals surface area contributed by atoms with E-state index in [1.807, 2.05) is 60.7 Å². The van der Waals surface area contributed by atoms with Crippen molar-refractivity contribution in [2.75, 3.05) is 0 Å². The molecule has 0 radical (unpaired) electrons. The minimum Gasteiger partial charge on any atom is -0.456 e. The molecule has 5 nitrogen and oxygen atoms in total. The number of hydrogen-bond acceptors (Lipinski definition) is 4. The number of nitro benzene ring substituents is 1. The summed E-state index contributed by atoms with van der Waals surface area (Å²) in [6, 6.07) is 28.4. The molecular weight excluding hydrogens is 366 g/mol. The summed E-state index contributed by atoms with van der Waals surface area (Å²) < 4.78 is 11.2. The summed E-state index contributed by atoms with van der Waals surface area (Å²) in [7, 11) is 0. The second kappa shape index (κ2) is 6.80. The molecule has 0 saturated carbocycles. The van der Waals surface area contributed by atoms with E-state index in [-0.39, 0.29) is 5.69 Å². The van der Waals surface area contributed by atoms with E-state index in [0.29, 0.717) is 5.58 Å². The van der Waals surface area contributed by atoms with Gasteiger partial charge in [-0.2, -0.15) is 0 Å². The first-order chi connectivity index (χ1) is 14.2. The van der Waals surface area contributed by atoms with Crippen molar-refractivity contribution in [3.05, 3.63) is 101 Å². The molecule has 0 amide bonds. The number of fused-ring (bicyclic) bond motifs is 6. The Balaban J connectivity index is 0.000000128. The van der Waals surface area contributed by atoms with Gasteiger partial charge in [-0.1, -0.05) is 54.6 Å². The molecule has 0 atom stereocenters. The molecule has 0 N–H and O–H groups in total. The van der Waals surface area contributed by atoms with Gasteiger partial charge in [0.2, 0.25) is 0 Å². The van der Waals surface area contributed by atoms with Gasteiger partial charge in [-0.25, -0.2) is 0 Å². The minimum atomic E-state index is -0.424. The summed E-state index contributed by atoms with van der Waals surface area (Å²) in [6.45, 7) is 0. The quantitative estimate of drug-likeness (QED) is 0.225. The van der Waals surface area contributed by atoms with Crippen LogP contribution in [0.3, 0.4) is 0 Å². The molecule has 0 fully saturated rings. The monoisotopic (exact) mass is 381 g/mol. The van der Waals surface area contributed by atoms with Crippen molar-refractivity contribution < 1.29 is 13.8 Å². The molecule has 0 bridgehead atoms.